The summed E-state index contributed by atoms with van der Waals surface area (Å²) in [5.74, 6) is 0.882. The van der Waals surface area contributed by atoms with Crippen molar-refractivity contribution in [3.05, 3.63) is 59.6 Å². The molecule has 0 radical (unpaired) electrons. The molecule has 1 N–H and O–H groups in total. The Morgan fingerprint density at radius 2 is 2.16 bits per heavy atom. The van der Waals surface area contributed by atoms with Gasteiger partial charge in [-0.1, -0.05) is 32.9 Å². The van der Waals surface area contributed by atoms with Crippen LogP contribution >= 0.6 is 0 Å². The first-order valence-corrected chi connectivity index (χ1v) is 8.93. The summed E-state index contributed by atoms with van der Waals surface area (Å²) in [6.45, 7) is 7.31. The number of amides is 1. The Labute approximate surface area is 148 Å². The molecule has 2 aliphatic heterocycles. The first kappa shape index (κ1) is 16.0. The summed E-state index contributed by atoms with van der Waals surface area (Å²) in [5, 5.41) is 3.29. The van der Waals surface area contributed by atoms with Gasteiger partial charge in [-0.15, -0.1) is 0 Å². The molecule has 0 aliphatic carbocycles. The van der Waals surface area contributed by atoms with E-state index in [1.165, 1.54) is 16.8 Å². The van der Waals surface area contributed by atoms with E-state index in [9.17, 15) is 4.79 Å². The van der Waals surface area contributed by atoms with Gasteiger partial charge in [0.1, 0.15) is 11.4 Å². The fourth-order valence-electron chi connectivity index (χ4n) is 4.21. The van der Waals surface area contributed by atoms with E-state index in [0.29, 0.717) is 6.42 Å². The third-order valence-electron chi connectivity index (χ3n) is 5.74. The van der Waals surface area contributed by atoms with Crippen LogP contribution in [0.3, 0.4) is 0 Å². The lowest BCUT2D eigenvalue weighted by Gasteiger charge is -2.49. The maximum absolute atomic E-state index is 12.3. The highest BCUT2D eigenvalue weighted by Gasteiger charge is 2.57. The predicted octanol–water partition coefficient (Wildman–Crippen LogP) is 3.87. The SMILES string of the molecule is CCc1ccc2c(c1)C(C)(C)[C@@]1(/C=C/c3ccco3)NC(=O)CCN21. The molecule has 2 aromatic rings. The van der Waals surface area contributed by atoms with Gasteiger partial charge in [0.15, 0.2) is 0 Å². The van der Waals surface area contributed by atoms with Crippen molar-refractivity contribution in [3.8, 4) is 0 Å². The van der Waals surface area contributed by atoms with E-state index in [1.807, 2.05) is 18.2 Å². The van der Waals surface area contributed by atoms with Crippen LogP contribution in [0.4, 0.5) is 5.69 Å². The van der Waals surface area contributed by atoms with Gasteiger partial charge in [0, 0.05) is 24.1 Å². The summed E-state index contributed by atoms with van der Waals surface area (Å²) in [6, 6.07) is 10.5. The van der Waals surface area contributed by atoms with Crippen molar-refractivity contribution >= 4 is 17.7 Å². The molecule has 1 fully saturated rings. The van der Waals surface area contributed by atoms with E-state index in [0.717, 1.165) is 18.7 Å². The number of hydrogen-bond donors (Lipinski definition) is 1. The van der Waals surface area contributed by atoms with Gasteiger partial charge in [-0.2, -0.15) is 0 Å². The number of rotatable bonds is 3. The average molecular weight is 336 g/mol. The molecule has 0 spiro atoms. The monoisotopic (exact) mass is 336 g/mol. The fourth-order valence-corrected chi connectivity index (χ4v) is 4.21. The Hall–Kier alpha value is -2.49. The van der Waals surface area contributed by atoms with Crippen molar-refractivity contribution < 1.29 is 9.21 Å². The highest BCUT2D eigenvalue weighted by Crippen LogP contribution is 2.52. The highest BCUT2D eigenvalue weighted by atomic mass is 16.3. The molecule has 130 valence electrons. The van der Waals surface area contributed by atoms with Crippen LogP contribution in [-0.2, 0) is 16.6 Å². The predicted molar refractivity (Wildman–Crippen MR) is 99.4 cm³/mol. The quantitative estimate of drug-likeness (QED) is 0.925. The van der Waals surface area contributed by atoms with Crippen molar-refractivity contribution in [3.63, 3.8) is 0 Å². The lowest BCUT2D eigenvalue weighted by Crippen LogP contribution is -2.68. The molecular formula is C21H24N2O2. The second-order valence-electron chi connectivity index (χ2n) is 7.40. The number of nitrogens with one attached hydrogen (secondary N) is 1. The first-order chi connectivity index (χ1) is 12.0. The Balaban J connectivity index is 1.87. The molecule has 3 heterocycles. The van der Waals surface area contributed by atoms with Gasteiger partial charge in [0.05, 0.1) is 6.26 Å². The molecular weight excluding hydrogens is 312 g/mol. The average Bonchev–Trinajstić information content (AvgIpc) is 3.18. The van der Waals surface area contributed by atoms with Crippen molar-refractivity contribution in [2.24, 2.45) is 0 Å². The summed E-state index contributed by atoms with van der Waals surface area (Å²) in [4.78, 5) is 14.7. The van der Waals surface area contributed by atoms with Crippen LogP contribution in [0.25, 0.3) is 6.08 Å². The van der Waals surface area contributed by atoms with E-state index >= 15 is 0 Å². The summed E-state index contributed by atoms with van der Waals surface area (Å²) in [7, 11) is 0. The van der Waals surface area contributed by atoms with E-state index < -0.39 is 5.66 Å². The molecule has 1 atom stereocenters. The Morgan fingerprint density at radius 1 is 1.32 bits per heavy atom. The number of anilines is 1. The van der Waals surface area contributed by atoms with Gasteiger partial charge in [0.2, 0.25) is 5.91 Å². The molecule has 4 heteroatoms. The van der Waals surface area contributed by atoms with Crippen LogP contribution in [0, 0.1) is 0 Å². The molecule has 2 aliphatic rings. The zero-order chi connectivity index (χ0) is 17.7. The van der Waals surface area contributed by atoms with E-state index in [1.54, 1.807) is 6.26 Å². The zero-order valence-electron chi connectivity index (χ0n) is 15.0. The van der Waals surface area contributed by atoms with Gasteiger partial charge in [0.25, 0.3) is 0 Å². The largest absolute Gasteiger partial charge is 0.465 e. The van der Waals surface area contributed by atoms with Crippen LogP contribution in [0.15, 0.2) is 47.1 Å². The molecule has 4 nitrogen and oxygen atoms in total. The summed E-state index contributed by atoms with van der Waals surface area (Å²) in [6.07, 6.45) is 7.24. The van der Waals surface area contributed by atoms with Crippen molar-refractivity contribution in [1.29, 1.82) is 0 Å². The lowest BCUT2D eigenvalue weighted by molar-refractivity contribution is -0.124. The Bertz CT molecular complexity index is 836. The topological polar surface area (TPSA) is 45.5 Å². The van der Waals surface area contributed by atoms with Crippen molar-refractivity contribution in [2.45, 2.75) is 44.7 Å². The van der Waals surface area contributed by atoms with Crippen LogP contribution in [0.2, 0.25) is 0 Å². The minimum atomic E-state index is -0.580. The summed E-state index contributed by atoms with van der Waals surface area (Å²) in [5.41, 5.74) is 2.99. The van der Waals surface area contributed by atoms with Gasteiger partial charge < -0.3 is 14.6 Å². The maximum atomic E-state index is 12.3. The Morgan fingerprint density at radius 3 is 2.88 bits per heavy atom. The second-order valence-corrected chi connectivity index (χ2v) is 7.40. The minimum absolute atomic E-state index is 0.0944. The molecule has 1 aromatic heterocycles. The number of benzene rings is 1. The van der Waals surface area contributed by atoms with Crippen LogP contribution in [-0.4, -0.2) is 18.1 Å². The first-order valence-electron chi connectivity index (χ1n) is 8.93. The van der Waals surface area contributed by atoms with Gasteiger partial charge >= 0.3 is 0 Å². The molecule has 0 bridgehead atoms. The van der Waals surface area contributed by atoms with Crippen LogP contribution < -0.4 is 10.2 Å². The fraction of sp³-hybridized carbons (Fsp3) is 0.381. The number of fused-ring (bicyclic) bond motifs is 3. The number of furan rings is 1. The number of carbonyl (C=O) groups is 1. The third-order valence-corrected chi connectivity index (χ3v) is 5.74. The number of nitrogens with zero attached hydrogens (tertiary/aromatic N) is 1. The normalized spacial score (nSPS) is 24.3. The third kappa shape index (κ3) is 2.24. The molecule has 4 rings (SSSR count). The molecule has 0 saturated carbocycles. The molecule has 25 heavy (non-hydrogen) atoms. The van der Waals surface area contributed by atoms with Crippen LogP contribution in [0.1, 0.15) is 44.1 Å². The highest BCUT2D eigenvalue weighted by molar-refractivity contribution is 5.84. The minimum Gasteiger partial charge on any atom is -0.465 e. The second kappa shape index (κ2) is 5.51. The van der Waals surface area contributed by atoms with Crippen LogP contribution in [0.5, 0.6) is 0 Å². The molecule has 0 unspecified atom stereocenters. The number of aryl methyl sites for hydroxylation is 1. The molecule has 1 aromatic carbocycles. The van der Waals surface area contributed by atoms with E-state index in [2.05, 4.69) is 55.3 Å². The van der Waals surface area contributed by atoms with Gasteiger partial charge in [-0.3, -0.25) is 4.79 Å². The van der Waals surface area contributed by atoms with E-state index in [4.69, 9.17) is 4.42 Å². The summed E-state index contributed by atoms with van der Waals surface area (Å²) >= 11 is 0. The van der Waals surface area contributed by atoms with Crippen molar-refractivity contribution in [2.75, 3.05) is 11.4 Å². The zero-order valence-corrected chi connectivity index (χ0v) is 15.0. The van der Waals surface area contributed by atoms with Gasteiger partial charge in [-0.05, 0) is 47.9 Å². The standard InChI is InChI=1S/C21H24N2O2/c1-4-15-7-8-18-17(14-15)20(2,3)21(11-9-16-6-5-13-25-16)22-19(24)10-12-23(18)21/h5-9,11,13-14H,4,10,12H2,1-3H3,(H,22,24)/b11-9+/t21-/m0/s1. The molecule has 1 saturated heterocycles. The molecule has 1 amide bonds. The lowest BCUT2D eigenvalue weighted by atomic mass is 9.74. The number of hydrogen-bond acceptors (Lipinski definition) is 3. The maximum Gasteiger partial charge on any atom is 0.223 e. The van der Waals surface area contributed by atoms with Crippen molar-refractivity contribution in [1.82, 2.24) is 5.32 Å². The Kier molecular flexibility index (Phi) is 3.53. The smallest absolute Gasteiger partial charge is 0.223 e. The summed E-state index contributed by atoms with van der Waals surface area (Å²) < 4.78 is 5.46. The number of carbonyl (C=O) groups excluding carboxylic acids is 1. The van der Waals surface area contributed by atoms with E-state index in [-0.39, 0.29) is 11.3 Å². The van der Waals surface area contributed by atoms with Gasteiger partial charge in [-0.25, -0.2) is 0 Å².